The predicted octanol–water partition coefficient (Wildman–Crippen LogP) is 4.34. The summed E-state index contributed by atoms with van der Waals surface area (Å²) in [4.78, 5) is 36.0. The number of nitrogens with one attached hydrogen (secondary N) is 2. The normalized spacial score (nSPS) is 13.1. The number of hydrogen-bond acceptors (Lipinski definition) is 6. The summed E-state index contributed by atoms with van der Waals surface area (Å²) in [5, 5.41) is 7.60. The molecular formula is C23H26N4O2S2. The molecule has 0 atom stereocenters. The number of thiophene rings is 1. The highest BCUT2D eigenvalue weighted by Crippen LogP contribution is 2.39. The lowest BCUT2D eigenvalue weighted by Crippen LogP contribution is -2.34. The van der Waals surface area contributed by atoms with Crippen LogP contribution < -0.4 is 10.6 Å². The third-order valence-electron chi connectivity index (χ3n) is 5.44. The number of aromatic nitrogens is 2. The Bertz CT molecular complexity index is 1130. The average Bonchev–Trinajstić information content (AvgIpc) is 3.12. The topological polar surface area (TPSA) is 84.0 Å². The van der Waals surface area contributed by atoms with Crippen LogP contribution in [0.1, 0.15) is 40.0 Å². The molecule has 0 saturated heterocycles. The van der Waals surface area contributed by atoms with Gasteiger partial charge in [0.25, 0.3) is 0 Å². The van der Waals surface area contributed by atoms with Gasteiger partial charge in [-0.05, 0) is 63.1 Å². The molecule has 1 aliphatic carbocycles. The van der Waals surface area contributed by atoms with E-state index in [1.165, 1.54) is 35.0 Å². The number of rotatable bonds is 6. The summed E-state index contributed by atoms with van der Waals surface area (Å²) in [6.07, 6.45) is 6.15. The zero-order valence-electron chi connectivity index (χ0n) is 18.0. The van der Waals surface area contributed by atoms with E-state index in [-0.39, 0.29) is 24.1 Å². The molecular weight excluding hydrogens is 428 g/mol. The highest BCUT2D eigenvalue weighted by molar-refractivity contribution is 8.00. The first-order chi connectivity index (χ1) is 14.9. The minimum atomic E-state index is -0.232. The summed E-state index contributed by atoms with van der Waals surface area (Å²) in [5.74, 6) is -0.204. The van der Waals surface area contributed by atoms with Gasteiger partial charge in [-0.3, -0.25) is 9.59 Å². The van der Waals surface area contributed by atoms with E-state index in [9.17, 15) is 9.59 Å². The van der Waals surface area contributed by atoms with Crippen molar-refractivity contribution in [2.24, 2.45) is 0 Å². The molecule has 0 saturated carbocycles. The summed E-state index contributed by atoms with van der Waals surface area (Å²) in [6, 6.07) is 4.06. The van der Waals surface area contributed by atoms with Crippen molar-refractivity contribution in [1.82, 2.24) is 15.3 Å². The van der Waals surface area contributed by atoms with Crippen molar-refractivity contribution in [3.8, 4) is 0 Å². The summed E-state index contributed by atoms with van der Waals surface area (Å²) in [5.41, 5.74) is 5.35. The van der Waals surface area contributed by atoms with Crippen LogP contribution in [0.4, 0.5) is 5.69 Å². The molecule has 6 nitrogen and oxygen atoms in total. The first-order valence-electron chi connectivity index (χ1n) is 10.4. The monoisotopic (exact) mass is 454 g/mol. The van der Waals surface area contributed by atoms with E-state index in [0.717, 1.165) is 50.5 Å². The number of fused-ring (bicyclic) bond motifs is 3. The molecule has 0 aliphatic heterocycles. The van der Waals surface area contributed by atoms with Crippen molar-refractivity contribution >= 4 is 50.8 Å². The Balaban J connectivity index is 1.34. The number of hydrogen-bond donors (Lipinski definition) is 2. The van der Waals surface area contributed by atoms with Crippen molar-refractivity contribution in [3.63, 3.8) is 0 Å². The van der Waals surface area contributed by atoms with Crippen molar-refractivity contribution in [1.29, 1.82) is 0 Å². The van der Waals surface area contributed by atoms with Crippen LogP contribution >= 0.6 is 23.1 Å². The molecule has 2 aromatic heterocycles. The van der Waals surface area contributed by atoms with Gasteiger partial charge in [-0.1, -0.05) is 29.5 Å². The number of carbonyl (C=O) groups excluding carboxylic acids is 2. The SMILES string of the molecule is Cc1cc(C)c(NC(=O)CNC(=O)CSc2ncnc3sc4c(c23)CCCC4)c(C)c1. The lowest BCUT2D eigenvalue weighted by molar-refractivity contribution is -0.122. The Labute approximate surface area is 190 Å². The largest absolute Gasteiger partial charge is 0.346 e. The summed E-state index contributed by atoms with van der Waals surface area (Å²) < 4.78 is 0. The van der Waals surface area contributed by atoms with Gasteiger partial charge in [-0.25, -0.2) is 9.97 Å². The summed E-state index contributed by atoms with van der Waals surface area (Å²) in [6.45, 7) is 5.91. The maximum absolute atomic E-state index is 12.4. The van der Waals surface area contributed by atoms with Crippen LogP contribution in [0.15, 0.2) is 23.5 Å². The Morgan fingerprint density at radius 2 is 1.81 bits per heavy atom. The fourth-order valence-electron chi connectivity index (χ4n) is 4.10. The van der Waals surface area contributed by atoms with Crippen LogP contribution in [0.25, 0.3) is 10.2 Å². The zero-order valence-corrected chi connectivity index (χ0v) is 19.6. The maximum Gasteiger partial charge on any atom is 0.243 e. The Kier molecular flexibility index (Phi) is 6.57. The zero-order chi connectivity index (χ0) is 22.0. The third-order valence-corrected chi connectivity index (χ3v) is 7.63. The third kappa shape index (κ3) is 4.91. The molecule has 0 fully saturated rings. The minimum Gasteiger partial charge on any atom is -0.346 e. The number of benzene rings is 1. The standard InChI is InChI=1S/C23H26N4O2S2/c1-13-8-14(2)21(15(3)9-13)27-18(28)10-24-19(29)11-30-22-20-16-6-4-5-7-17(16)31-23(20)26-12-25-22/h8-9,12H,4-7,10-11H2,1-3H3,(H,24,29)(H,27,28). The van der Waals surface area contributed by atoms with Gasteiger partial charge in [0.1, 0.15) is 16.2 Å². The predicted molar refractivity (Wildman–Crippen MR) is 127 cm³/mol. The molecule has 0 unspecified atom stereocenters. The molecule has 2 amide bonds. The van der Waals surface area contributed by atoms with Gasteiger partial charge in [0.05, 0.1) is 12.3 Å². The smallest absolute Gasteiger partial charge is 0.243 e. The van der Waals surface area contributed by atoms with Crippen LogP contribution in [0.3, 0.4) is 0 Å². The second-order valence-electron chi connectivity index (χ2n) is 7.96. The van der Waals surface area contributed by atoms with E-state index in [1.54, 1.807) is 17.7 Å². The van der Waals surface area contributed by atoms with Gasteiger partial charge in [-0.2, -0.15) is 0 Å². The lowest BCUT2D eigenvalue weighted by atomic mass is 9.97. The van der Waals surface area contributed by atoms with Crippen LogP contribution in [0.2, 0.25) is 0 Å². The number of carbonyl (C=O) groups is 2. The number of amides is 2. The van der Waals surface area contributed by atoms with Gasteiger partial charge in [0.2, 0.25) is 11.8 Å². The molecule has 3 aromatic rings. The van der Waals surface area contributed by atoms with E-state index in [4.69, 9.17) is 0 Å². The Morgan fingerprint density at radius 1 is 1.06 bits per heavy atom. The van der Waals surface area contributed by atoms with Gasteiger partial charge in [0.15, 0.2) is 0 Å². The van der Waals surface area contributed by atoms with Gasteiger partial charge >= 0.3 is 0 Å². The number of nitrogens with zero attached hydrogens (tertiary/aromatic N) is 2. The highest BCUT2D eigenvalue weighted by Gasteiger charge is 2.20. The molecule has 4 rings (SSSR count). The van der Waals surface area contributed by atoms with E-state index < -0.39 is 0 Å². The molecule has 162 valence electrons. The fourth-order valence-corrected chi connectivity index (χ4v) is 6.24. The van der Waals surface area contributed by atoms with Crippen LogP contribution in [-0.4, -0.2) is 34.1 Å². The van der Waals surface area contributed by atoms with Crippen molar-refractivity contribution in [2.45, 2.75) is 51.5 Å². The minimum absolute atomic E-state index is 0.0564. The lowest BCUT2D eigenvalue weighted by Gasteiger charge is -2.13. The molecule has 0 bridgehead atoms. The quantitative estimate of drug-likeness (QED) is 0.428. The van der Waals surface area contributed by atoms with E-state index >= 15 is 0 Å². The van der Waals surface area contributed by atoms with Crippen LogP contribution in [0, 0.1) is 20.8 Å². The molecule has 0 spiro atoms. The fraction of sp³-hybridized carbons (Fsp3) is 0.391. The van der Waals surface area contributed by atoms with Gasteiger partial charge < -0.3 is 10.6 Å². The van der Waals surface area contributed by atoms with Gasteiger partial charge in [0, 0.05) is 16.0 Å². The molecule has 1 aromatic carbocycles. The maximum atomic E-state index is 12.4. The van der Waals surface area contributed by atoms with Gasteiger partial charge in [-0.15, -0.1) is 11.3 Å². The van der Waals surface area contributed by atoms with E-state index in [1.807, 2.05) is 32.9 Å². The molecule has 0 radical (unpaired) electrons. The second kappa shape index (κ2) is 9.36. The van der Waals surface area contributed by atoms with Crippen LogP contribution in [-0.2, 0) is 22.4 Å². The summed E-state index contributed by atoms with van der Waals surface area (Å²) in [7, 11) is 0. The number of thioether (sulfide) groups is 1. The Morgan fingerprint density at radius 3 is 2.58 bits per heavy atom. The van der Waals surface area contributed by atoms with Crippen molar-refractivity contribution in [3.05, 3.63) is 45.6 Å². The average molecular weight is 455 g/mol. The second-order valence-corrected chi connectivity index (χ2v) is 10.0. The van der Waals surface area contributed by atoms with Crippen molar-refractivity contribution in [2.75, 3.05) is 17.6 Å². The van der Waals surface area contributed by atoms with Crippen molar-refractivity contribution < 1.29 is 9.59 Å². The molecule has 1 aliphatic rings. The first kappa shape index (κ1) is 21.8. The summed E-state index contributed by atoms with van der Waals surface area (Å²) >= 11 is 3.16. The number of anilines is 1. The van der Waals surface area contributed by atoms with E-state index in [0.29, 0.717) is 0 Å². The molecule has 8 heteroatoms. The molecule has 31 heavy (non-hydrogen) atoms. The van der Waals surface area contributed by atoms with Crippen LogP contribution in [0.5, 0.6) is 0 Å². The van der Waals surface area contributed by atoms with E-state index in [2.05, 4.69) is 20.6 Å². The molecule has 2 N–H and O–H groups in total. The number of aryl methyl sites for hydroxylation is 5. The molecule has 2 heterocycles. The first-order valence-corrected chi connectivity index (χ1v) is 12.2. The Hall–Kier alpha value is -2.45. The highest BCUT2D eigenvalue weighted by atomic mass is 32.2.